The van der Waals surface area contributed by atoms with Crippen molar-refractivity contribution < 1.29 is 23.2 Å². The van der Waals surface area contributed by atoms with Gasteiger partial charge >= 0.3 is 5.97 Å². The molecule has 1 saturated heterocycles. The largest absolute Gasteiger partial charge is 0.437 e. The summed E-state index contributed by atoms with van der Waals surface area (Å²) in [5.41, 5.74) is 0.101. The van der Waals surface area contributed by atoms with Crippen molar-refractivity contribution in [1.29, 1.82) is 0 Å². The quantitative estimate of drug-likeness (QED) is 0.294. The molecule has 1 heterocycles. The Morgan fingerprint density at radius 3 is 2.23 bits per heavy atom. The van der Waals surface area contributed by atoms with Crippen LogP contribution >= 0.6 is 0 Å². The van der Waals surface area contributed by atoms with Crippen molar-refractivity contribution in [3.8, 4) is 0 Å². The Kier molecular flexibility index (Phi) is 7.16. The lowest BCUT2D eigenvalue weighted by Crippen LogP contribution is -2.64. The van der Waals surface area contributed by atoms with Crippen LogP contribution in [0.4, 0.5) is 0 Å². The van der Waals surface area contributed by atoms with E-state index >= 15 is 0 Å². The molecule has 1 aliphatic rings. The highest BCUT2D eigenvalue weighted by atomic mass is 28.2. The van der Waals surface area contributed by atoms with Gasteiger partial charge in [-0.1, -0.05) is 52.1 Å². The van der Waals surface area contributed by atoms with Crippen LogP contribution in [0.15, 0.2) is 30.3 Å². The Morgan fingerprint density at radius 1 is 1.15 bits per heavy atom. The van der Waals surface area contributed by atoms with E-state index in [1.165, 1.54) is 0 Å². The van der Waals surface area contributed by atoms with Crippen LogP contribution in [-0.4, -0.2) is 43.9 Å². The second kappa shape index (κ2) is 8.94. The van der Waals surface area contributed by atoms with Crippen LogP contribution in [0.2, 0.25) is 13.1 Å². The second-order valence-corrected chi connectivity index (χ2v) is 8.90. The molecule has 1 aromatic carbocycles. The Bertz CT molecular complexity index is 619. The molecular formula is C18H29NO5Si2. The minimum Gasteiger partial charge on any atom is -0.437 e. The predicted molar refractivity (Wildman–Crippen MR) is 105 cm³/mol. The zero-order valence-corrected chi connectivity index (χ0v) is 19.0. The molecular weight excluding hydrogens is 366 g/mol. The molecule has 1 unspecified atom stereocenters. The molecule has 0 aliphatic carbocycles. The minimum absolute atomic E-state index is 0.0732. The molecule has 1 aliphatic heterocycles. The summed E-state index contributed by atoms with van der Waals surface area (Å²) in [6, 6.07) is 8.79. The van der Waals surface area contributed by atoms with Crippen LogP contribution in [-0.2, 0) is 18.4 Å². The Labute approximate surface area is 159 Å². The SMILES string of the molecule is C[SiH2]OC(O[SiH2]C)C(C)(C)C(C)[C@H]1C(=O)N[C@@H]1OC(=O)c1ccccc1. The van der Waals surface area contributed by atoms with Crippen LogP contribution in [0.3, 0.4) is 0 Å². The molecule has 2 rings (SSSR count). The van der Waals surface area contributed by atoms with Gasteiger partial charge in [-0.05, 0) is 18.1 Å². The lowest BCUT2D eigenvalue weighted by molar-refractivity contribution is -0.168. The maximum Gasteiger partial charge on any atom is 0.340 e. The van der Waals surface area contributed by atoms with Gasteiger partial charge in [0, 0.05) is 5.41 Å². The molecule has 0 saturated carbocycles. The third-order valence-electron chi connectivity index (χ3n) is 5.11. The number of carbonyl (C=O) groups is 2. The van der Waals surface area contributed by atoms with Crippen LogP contribution in [0.25, 0.3) is 0 Å². The second-order valence-electron chi connectivity index (χ2n) is 7.08. The minimum atomic E-state index is -0.646. The first-order chi connectivity index (χ1) is 12.3. The monoisotopic (exact) mass is 395 g/mol. The van der Waals surface area contributed by atoms with Gasteiger partial charge in [0.05, 0.1) is 11.5 Å². The third kappa shape index (κ3) is 4.43. The van der Waals surface area contributed by atoms with Gasteiger partial charge in [0.1, 0.15) is 6.29 Å². The average molecular weight is 396 g/mol. The lowest BCUT2D eigenvalue weighted by Gasteiger charge is -2.47. The average Bonchev–Trinajstić information content (AvgIpc) is 2.61. The van der Waals surface area contributed by atoms with Crippen molar-refractivity contribution >= 4 is 31.4 Å². The van der Waals surface area contributed by atoms with Gasteiger partial charge in [0.2, 0.25) is 5.91 Å². The molecule has 1 aromatic rings. The summed E-state index contributed by atoms with van der Waals surface area (Å²) < 4.78 is 17.4. The van der Waals surface area contributed by atoms with E-state index in [1.807, 2.05) is 13.0 Å². The number of amides is 1. The fourth-order valence-corrected chi connectivity index (χ4v) is 5.02. The number of benzene rings is 1. The number of hydrogen-bond acceptors (Lipinski definition) is 5. The number of nitrogens with one attached hydrogen (secondary N) is 1. The van der Waals surface area contributed by atoms with Crippen LogP contribution < -0.4 is 5.32 Å². The summed E-state index contributed by atoms with van der Waals surface area (Å²) in [6.45, 7) is 10.2. The molecule has 3 atom stereocenters. The number of ether oxygens (including phenoxy) is 1. The van der Waals surface area contributed by atoms with Crippen LogP contribution in [0.5, 0.6) is 0 Å². The zero-order chi connectivity index (χ0) is 19.3. The van der Waals surface area contributed by atoms with Crippen LogP contribution in [0.1, 0.15) is 31.1 Å². The summed E-state index contributed by atoms with van der Waals surface area (Å²) in [6.07, 6.45) is -0.937. The van der Waals surface area contributed by atoms with E-state index in [2.05, 4.69) is 32.3 Å². The zero-order valence-electron chi connectivity index (χ0n) is 16.2. The van der Waals surface area contributed by atoms with Gasteiger partial charge in [0.25, 0.3) is 0 Å². The van der Waals surface area contributed by atoms with Crippen molar-refractivity contribution in [2.24, 2.45) is 17.3 Å². The van der Waals surface area contributed by atoms with E-state index < -0.39 is 37.6 Å². The van der Waals surface area contributed by atoms with Gasteiger partial charge in [-0.15, -0.1) is 0 Å². The summed E-state index contributed by atoms with van der Waals surface area (Å²) in [7, 11) is -1.29. The van der Waals surface area contributed by atoms with E-state index in [9.17, 15) is 9.59 Å². The maximum absolute atomic E-state index is 12.3. The van der Waals surface area contributed by atoms with E-state index in [0.29, 0.717) is 5.56 Å². The summed E-state index contributed by atoms with van der Waals surface area (Å²) in [5, 5.41) is 2.70. The first kappa shape index (κ1) is 20.8. The predicted octanol–water partition coefficient (Wildman–Crippen LogP) is 1.20. The van der Waals surface area contributed by atoms with E-state index in [-0.39, 0.29) is 23.5 Å². The van der Waals surface area contributed by atoms with Gasteiger partial charge in [-0.25, -0.2) is 4.79 Å². The molecule has 0 spiro atoms. The molecule has 26 heavy (non-hydrogen) atoms. The molecule has 1 amide bonds. The van der Waals surface area contributed by atoms with Crippen LogP contribution in [0, 0.1) is 17.3 Å². The van der Waals surface area contributed by atoms with Crippen molar-refractivity contribution in [3.05, 3.63) is 35.9 Å². The Hall–Kier alpha value is -1.49. The third-order valence-corrected chi connectivity index (χ3v) is 6.38. The first-order valence-corrected chi connectivity index (χ1v) is 13.1. The Balaban J connectivity index is 2.09. The smallest absolute Gasteiger partial charge is 0.340 e. The fourth-order valence-electron chi connectivity index (χ4n) is 3.17. The number of carbonyl (C=O) groups excluding carboxylic acids is 2. The van der Waals surface area contributed by atoms with E-state index in [0.717, 1.165) is 0 Å². The van der Waals surface area contributed by atoms with E-state index in [1.54, 1.807) is 24.3 Å². The summed E-state index contributed by atoms with van der Waals surface area (Å²) in [4.78, 5) is 24.5. The van der Waals surface area contributed by atoms with Crippen molar-refractivity contribution in [1.82, 2.24) is 5.32 Å². The topological polar surface area (TPSA) is 73.9 Å². The fraction of sp³-hybridized carbons (Fsp3) is 0.556. The maximum atomic E-state index is 12.3. The van der Waals surface area contributed by atoms with Crippen molar-refractivity contribution in [3.63, 3.8) is 0 Å². The van der Waals surface area contributed by atoms with Gasteiger partial charge in [-0.3, -0.25) is 4.79 Å². The number of rotatable bonds is 9. The molecule has 1 N–H and O–H groups in total. The number of hydrogen-bond donors (Lipinski definition) is 1. The van der Waals surface area contributed by atoms with Gasteiger partial charge in [-0.2, -0.15) is 0 Å². The van der Waals surface area contributed by atoms with Gasteiger partial charge in [0.15, 0.2) is 25.8 Å². The molecule has 144 valence electrons. The van der Waals surface area contributed by atoms with Gasteiger partial charge < -0.3 is 18.9 Å². The highest BCUT2D eigenvalue weighted by molar-refractivity contribution is 6.26. The number of esters is 1. The first-order valence-electron chi connectivity index (χ1n) is 9.12. The standard InChI is InChI=1S/C18H29NO5Si2/c1-11(18(2,3)17(23-25-4)24-26-5)13-14(20)19-15(13)22-16(21)12-9-7-6-8-10-12/h6-11,13,15,17H,25-26H2,1-5H3,(H,19,20)/t11?,13-,15+/m0/s1. The molecule has 0 bridgehead atoms. The van der Waals surface area contributed by atoms with Crippen molar-refractivity contribution in [2.45, 2.75) is 46.4 Å². The lowest BCUT2D eigenvalue weighted by atomic mass is 9.69. The molecule has 6 nitrogen and oxygen atoms in total. The summed E-state index contributed by atoms with van der Waals surface area (Å²) >= 11 is 0. The molecule has 0 aromatic heterocycles. The van der Waals surface area contributed by atoms with E-state index in [4.69, 9.17) is 13.6 Å². The molecule has 0 radical (unpaired) electrons. The van der Waals surface area contributed by atoms with Crippen molar-refractivity contribution in [2.75, 3.05) is 0 Å². The molecule has 8 heteroatoms. The normalized spacial score (nSPS) is 23.0. The summed E-state index contributed by atoms with van der Waals surface area (Å²) in [5.74, 6) is -1.02. The highest BCUT2D eigenvalue weighted by Gasteiger charge is 2.52. The highest BCUT2D eigenvalue weighted by Crippen LogP contribution is 2.41. The molecule has 1 fully saturated rings. The Morgan fingerprint density at radius 2 is 1.73 bits per heavy atom. The number of β-lactam (4-membered cyclic amide) rings is 1.